The van der Waals surface area contributed by atoms with Crippen LogP contribution in [0.3, 0.4) is 0 Å². The molecule has 4 nitrogen and oxygen atoms in total. The number of anilines is 2. The van der Waals surface area contributed by atoms with Gasteiger partial charge in [0.15, 0.2) is 0 Å². The Kier molecular flexibility index (Phi) is 6.39. The number of thioether (sulfide) groups is 1. The van der Waals surface area contributed by atoms with Crippen molar-refractivity contribution in [1.29, 1.82) is 0 Å². The number of aryl methyl sites for hydroxylation is 1. The standard InChI is InChI=1S/C20H24FN3OS/c1-15-13-18(24-9-11-26-12-10-24)5-6-19(15)23-20(25)22-8-7-16-3-2-4-17(21)14-16/h2-6,13-14H,7-12H2,1H3,(H2,22,23,25). The molecule has 2 amide bonds. The fourth-order valence-corrected chi connectivity index (χ4v) is 3.89. The quantitative estimate of drug-likeness (QED) is 0.831. The molecule has 0 unspecified atom stereocenters. The number of amides is 2. The van der Waals surface area contributed by atoms with Crippen LogP contribution in [-0.4, -0.2) is 37.2 Å². The average molecular weight is 373 g/mol. The van der Waals surface area contributed by atoms with Crippen molar-refractivity contribution in [1.82, 2.24) is 5.32 Å². The Morgan fingerprint density at radius 1 is 1.19 bits per heavy atom. The molecule has 3 rings (SSSR count). The average Bonchev–Trinajstić information content (AvgIpc) is 2.64. The van der Waals surface area contributed by atoms with E-state index in [4.69, 9.17) is 0 Å². The van der Waals surface area contributed by atoms with Gasteiger partial charge in [0, 0.05) is 42.5 Å². The summed E-state index contributed by atoms with van der Waals surface area (Å²) in [5.74, 6) is 2.06. The van der Waals surface area contributed by atoms with E-state index in [1.165, 1.54) is 17.8 Å². The van der Waals surface area contributed by atoms with Gasteiger partial charge in [0.2, 0.25) is 0 Å². The zero-order valence-corrected chi connectivity index (χ0v) is 15.7. The van der Waals surface area contributed by atoms with E-state index in [9.17, 15) is 9.18 Å². The number of nitrogens with zero attached hydrogens (tertiary/aromatic N) is 1. The SMILES string of the molecule is Cc1cc(N2CCSCC2)ccc1NC(=O)NCCc1cccc(F)c1. The van der Waals surface area contributed by atoms with Gasteiger partial charge >= 0.3 is 6.03 Å². The Morgan fingerprint density at radius 3 is 2.73 bits per heavy atom. The first kappa shape index (κ1) is 18.6. The first-order valence-corrected chi connectivity index (χ1v) is 10.00. The van der Waals surface area contributed by atoms with Crippen molar-refractivity contribution in [2.24, 2.45) is 0 Å². The fourth-order valence-electron chi connectivity index (χ4n) is 2.99. The molecule has 138 valence electrons. The molecule has 0 bridgehead atoms. The van der Waals surface area contributed by atoms with E-state index in [0.29, 0.717) is 13.0 Å². The number of hydrogen-bond donors (Lipinski definition) is 2. The minimum absolute atomic E-state index is 0.244. The van der Waals surface area contributed by atoms with Gasteiger partial charge in [0.05, 0.1) is 0 Å². The van der Waals surface area contributed by atoms with Crippen LogP contribution in [0.1, 0.15) is 11.1 Å². The second kappa shape index (κ2) is 8.94. The van der Waals surface area contributed by atoms with Crippen LogP contribution in [0.15, 0.2) is 42.5 Å². The molecule has 0 spiro atoms. The van der Waals surface area contributed by atoms with Crippen molar-refractivity contribution in [3.8, 4) is 0 Å². The van der Waals surface area contributed by atoms with Crippen molar-refractivity contribution in [2.45, 2.75) is 13.3 Å². The van der Waals surface area contributed by atoms with Gasteiger partial charge in [-0.3, -0.25) is 0 Å². The highest BCUT2D eigenvalue weighted by atomic mass is 32.2. The Labute approximate surface area is 158 Å². The summed E-state index contributed by atoms with van der Waals surface area (Å²) in [7, 11) is 0. The molecule has 1 aliphatic rings. The molecule has 1 fully saturated rings. The molecule has 1 aliphatic heterocycles. The third-order valence-corrected chi connectivity index (χ3v) is 5.37. The van der Waals surface area contributed by atoms with E-state index in [0.717, 1.165) is 41.4 Å². The number of benzene rings is 2. The Bertz CT molecular complexity index is 762. The maximum Gasteiger partial charge on any atom is 0.319 e. The number of hydrogen-bond acceptors (Lipinski definition) is 3. The first-order chi connectivity index (χ1) is 12.6. The third-order valence-electron chi connectivity index (χ3n) is 4.42. The van der Waals surface area contributed by atoms with Crippen molar-refractivity contribution < 1.29 is 9.18 Å². The molecule has 0 atom stereocenters. The summed E-state index contributed by atoms with van der Waals surface area (Å²) < 4.78 is 13.1. The number of halogens is 1. The number of rotatable bonds is 5. The molecule has 0 saturated carbocycles. The van der Waals surface area contributed by atoms with Crippen LogP contribution in [0.2, 0.25) is 0 Å². The molecule has 1 heterocycles. The predicted octanol–water partition coefficient (Wildman–Crippen LogP) is 4.05. The smallest absolute Gasteiger partial charge is 0.319 e. The zero-order chi connectivity index (χ0) is 18.4. The fraction of sp³-hybridized carbons (Fsp3) is 0.350. The number of carbonyl (C=O) groups excluding carboxylic acids is 1. The summed E-state index contributed by atoms with van der Waals surface area (Å²) in [5.41, 5.74) is 3.93. The summed E-state index contributed by atoms with van der Waals surface area (Å²) >= 11 is 1.99. The summed E-state index contributed by atoms with van der Waals surface area (Å²) in [6.07, 6.45) is 0.593. The summed E-state index contributed by atoms with van der Waals surface area (Å²) in [4.78, 5) is 14.5. The van der Waals surface area contributed by atoms with E-state index >= 15 is 0 Å². The largest absolute Gasteiger partial charge is 0.370 e. The molecule has 0 aromatic heterocycles. The van der Waals surface area contributed by atoms with E-state index in [1.54, 1.807) is 6.07 Å². The lowest BCUT2D eigenvalue weighted by Gasteiger charge is -2.29. The third kappa shape index (κ3) is 5.14. The lowest BCUT2D eigenvalue weighted by atomic mass is 10.1. The molecule has 0 radical (unpaired) electrons. The highest BCUT2D eigenvalue weighted by Crippen LogP contribution is 2.24. The van der Waals surface area contributed by atoms with Gasteiger partial charge in [-0.2, -0.15) is 11.8 Å². The van der Waals surface area contributed by atoms with Crippen molar-refractivity contribution in [3.05, 3.63) is 59.4 Å². The van der Waals surface area contributed by atoms with Crippen LogP contribution in [0.4, 0.5) is 20.6 Å². The van der Waals surface area contributed by atoms with Crippen molar-refractivity contribution in [2.75, 3.05) is 41.4 Å². The van der Waals surface area contributed by atoms with Crippen LogP contribution in [0.25, 0.3) is 0 Å². The normalized spacial score (nSPS) is 14.2. The minimum atomic E-state index is -0.255. The number of carbonyl (C=O) groups is 1. The molecule has 1 saturated heterocycles. The zero-order valence-electron chi connectivity index (χ0n) is 14.9. The first-order valence-electron chi connectivity index (χ1n) is 8.84. The number of nitrogens with one attached hydrogen (secondary N) is 2. The van der Waals surface area contributed by atoms with Gasteiger partial charge in [-0.1, -0.05) is 12.1 Å². The lowest BCUT2D eigenvalue weighted by Crippen LogP contribution is -2.32. The second-order valence-corrected chi connectivity index (χ2v) is 7.58. The molecular formula is C20H24FN3OS. The lowest BCUT2D eigenvalue weighted by molar-refractivity contribution is 0.252. The van der Waals surface area contributed by atoms with Crippen molar-refractivity contribution in [3.63, 3.8) is 0 Å². The second-order valence-electron chi connectivity index (χ2n) is 6.36. The Morgan fingerprint density at radius 2 is 2.00 bits per heavy atom. The molecule has 2 aromatic rings. The molecule has 6 heteroatoms. The molecule has 0 aliphatic carbocycles. The number of urea groups is 1. The maximum absolute atomic E-state index is 13.1. The van der Waals surface area contributed by atoms with Gasteiger partial charge < -0.3 is 15.5 Å². The van der Waals surface area contributed by atoms with Gasteiger partial charge in [0.1, 0.15) is 5.82 Å². The van der Waals surface area contributed by atoms with E-state index in [1.807, 2.05) is 30.8 Å². The van der Waals surface area contributed by atoms with E-state index in [-0.39, 0.29) is 11.8 Å². The minimum Gasteiger partial charge on any atom is -0.370 e. The molecule has 26 heavy (non-hydrogen) atoms. The predicted molar refractivity (Wildman–Crippen MR) is 108 cm³/mol. The van der Waals surface area contributed by atoms with Crippen molar-refractivity contribution >= 4 is 29.2 Å². The maximum atomic E-state index is 13.1. The summed E-state index contributed by atoms with van der Waals surface area (Å²) in [5, 5.41) is 5.71. The molecular weight excluding hydrogens is 349 g/mol. The Hall–Kier alpha value is -2.21. The van der Waals surface area contributed by atoms with Gasteiger partial charge in [-0.25, -0.2) is 9.18 Å². The van der Waals surface area contributed by atoms with Crippen LogP contribution < -0.4 is 15.5 Å². The van der Waals surface area contributed by atoms with Gasteiger partial charge in [0.25, 0.3) is 0 Å². The monoisotopic (exact) mass is 373 g/mol. The summed E-state index contributed by atoms with van der Waals surface area (Å²) in [6, 6.07) is 12.3. The Balaban J connectivity index is 1.50. The van der Waals surface area contributed by atoms with E-state index in [2.05, 4.69) is 27.7 Å². The topological polar surface area (TPSA) is 44.4 Å². The molecule has 2 aromatic carbocycles. The van der Waals surface area contributed by atoms with Crippen LogP contribution in [0.5, 0.6) is 0 Å². The summed E-state index contributed by atoms with van der Waals surface area (Å²) in [6.45, 7) is 4.59. The van der Waals surface area contributed by atoms with Gasteiger partial charge in [-0.15, -0.1) is 0 Å². The van der Waals surface area contributed by atoms with Crippen LogP contribution in [0, 0.1) is 12.7 Å². The van der Waals surface area contributed by atoms with E-state index < -0.39 is 0 Å². The molecule has 2 N–H and O–H groups in total. The van der Waals surface area contributed by atoms with Crippen LogP contribution in [-0.2, 0) is 6.42 Å². The van der Waals surface area contributed by atoms with Crippen LogP contribution >= 0.6 is 11.8 Å². The highest BCUT2D eigenvalue weighted by molar-refractivity contribution is 7.99. The van der Waals surface area contributed by atoms with Gasteiger partial charge in [-0.05, 0) is 54.8 Å². The highest BCUT2D eigenvalue weighted by Gasteiger charge is 2.12.